The molecular formula is C27H37N3O7S. The van der Waals surface area contributed by atoms with Crippen LogP contribution in [0, 0.1) is 0 Å². The van der Waals surface area contributed by atoms with E-state index < -0.39 is 28.3 Å². The van der Waals surface area contributed by atoms with Crippen LogP contribution in [-0.2, 0) is 35.7 Å². The molecule has 1 heterocycles. The Labute approximate surface area is 225 Å². The largest absolute Gasteiger partial charge is 0.493 e. The summed E-state index contributed by atoms with van der Waals surface area (Å²) in [5.74, 6) is -1.16. The van der Waals surface area contributed by atoms with E-state index in [9.17, 15) is 13.2 Å². The van der Waals surface area contributed by atoms with Gasteiger partial charge in [-0.1, -0.05) is 18.2 Å². The van der Waals surface area contributed by atoms with Crippen molar-refractivity contribution < 1.29 is 32.3 Å². The number of nitrogens with one attached hydrogen (secondary N) is 1. The third-order valence-corrected chi connectivity index (χ3v) is 7.75. The monoisotopic (exact) mass is 547 g/mol. The molecule has 0 spiro atoms. The van der Waals surface area contributed by atoms with E-state index in [-0.39, 0.29) is 11.4 Å². The average Bonchev–Trinajstić information content (AvgIpc) is 2.93. The number of ether oxygens (including phenoxy) is 3. The van der Waals surface area contributed by atoms with Gasteiger partial charge in [0.15, 0.2) is 5.79 Å². The van der Waals surface area contributed by atoms with Gasteiger partial charge < -0.3 is 19.1 Å². The number of hydroxylamine groups is 1. The van der Waals surface area contributed by atoms with E-state index in [4.69, 9.17) is 19.0 Å². The number of anilines is 1. The minimum atomic E-state index is -4.04. The molecule has 1 aliphatic heterocycles. The van der Waals surface area contributed by atoms with Gasteiger partial charge in [0, 0.05) is 32.4 Å². The quantitative estimate of drug-likeness (QED) is 0.166. The molecule has 2 aromatic carbocycles. The van der Waals surface area contributed by atoms with Crippen LogP contribution >= 0.6 is 0 Å². The number of sulfonamides is 1. The highest BCUT2D eigenvalue weighted by atomic mass is 32.2. The van der Waals surface area contributed by atoms with Crippen LogP contribution in [-0.4, -0.2) is 71.0 Å². The van der Waals surface area contributed by atoms with E-state index in [1.54, 1.807) is 32.1 Å². The van der Waals surface area contributed by atoms with Crippen LogP contribution < -0.4 is 15.1 Å². The van der Waals surface area contributed by atoms with Crippen molar-refractivity contribution in [3.8, 4) is 5.75 Å². The molecule has 208 valence electrons. The van der Waals surface area contributed by atoms with Crippen molar-refractivity contribution in [2.45, 2.75) is 37.5 Å². The number of benzene rings is 2. The zero-order valence-corrected chi connectivity index (χ0v) is 23.0. The Kier molecular flexibility index (Phi) is 10.7. The third kappa shape index (κ3) is 8.53. The Morgan fingerprint density at radius 1 is 1.13 bits per heavy atom. The maximum Gasteiger partial charge on any atom is 0.258 e. The molecule has 3 rings (SSSR count). The highest BCUT2D eigenvalue weighted by Crippen LogP contribution is 2.23. The summed E-state index contributed by atoms with van der Waals surface area (Å²) in [5, 5.41) is 0. The highest BCUT2D eigenvalue weighted by molar-refractivity contribution is 7.89. The van der Waals surface area contributed by atoms with Gasteiger partial charge in [-0.15, -0.1) is 6.58 Å². The lowest BCUT2D eigenvalue weighted by Gasteiger charge is -2.29. The van der Waals surface area contributed by atoms with E-state index in [2.05, 4.69) is 17.0 Å². The summed E-state index contributed by atoms with van der Waals surface area (Å²) in [6.45, 7) is 9.81. The van der Waals surface area contributed by atoms with Gasteiger partial charge in [0.1, 0.15) is 5.75 Å². The number of carbonyl (C=O) groups is 1. The van der Waals surface area contributed by atoms with Crippen LogP contribution in [0.15, 0.2) is 66.1 Å². The van der Waals surface area contributed by atoms with Crippen molar-refractivity contribution >= 4 is 21.6 Å². The Hall–Kier alpha value is -2.96. The molecule has 0 bridgehead atoms. The Bertz CT molecular complexity index is 1150. The maximum atomic E-state index is 13.6. The molecule has 11 heteroatoms. The van der Waals surface area contributed by atoms with Crippen LogP contribution in [0.3, 0.4) is 0 Å². The Balaban J connectivity index is 1.79. The second kappa shape index (κ2) is 13.7. The maximum absolute atomic E-state index is 13.6. The number of amides is 1. The van der Waals surface area contributed by atoms with E-state index in [1.807, 2.05) is 24.3 Å². The topological polar surface area (TPSA) is 107 Å². The van der Waals surface area contributed by atoms with Crippen molar-refractivity contribution in [1.29, 1.82) is 0 Å². The molecule has 0 saturated carbocycles. The number of hydrogen-bond acceptors (Lipinski definition) is 8. The highest BCUT2D eigenvalue weighted by Gasteiger charge is 2.28. The van der Waals surface area contributed by atoms with Gasteiger partial charge in [0.05, 0.1) is 31.3 Å². The van der Waals surface area contributed by atoms with E-state index in [0.29, 0.717) is 32.0 Å². The van der Waals surface area contributed by atoms with Gasteiger partial charge in [-0.2, -0.15) is 4.31 Å². The first-order valence-corrected chi connectivity index (χ1v) is 13.9. The first-order valence-electron chi connectivity index (χ1n) is 12.4. The fraction of sp³-hybridized carbons (Fsp3) is 0.444. The number of morpholine rings is 1. The molecule has 0 aromatic heterocycles. The Morgan fingerprint density at radius 3 is 2.39 bits per heavy atom. The van der Waals surface area contributed by atoms with Crippen LogP contribution in [0.2, 0.25) is 0 Å². The van der Waals surface area contributed by atoms with Gasteiger partial charge in [0.25, 0.3) is 5.91 Å². The molecule has 10 nitrogen and oxygen atoms in total. The third-order valence-electron chi connectivity index (χ3n) is 5.95. The number of nitrogens with zero attached hydrogens (tertiary/aromatic N) is 2. The van der Waals surface area contributed by atoms with Crippen molar-refractivity contribution in [2.75, 3.05) is 51.5 Å². The Morgan fingerprint density at radius 2 is 1.79 bits per heavy atom. The second-order valence-electron chi connectivity index (χ2n) is 9.17. The van der Waals surface area contributed by atoms with Gasteiger partial charge in [-0.3, -0.25) is 4.79 Å². The van der Waals surface area contributed by atoms with Gasteiger partial charge in [-0.05, 0) is 62.2 Å². The summed E-state index contributed by atoms with van der Waals surface area (Å²) < 4.78 is 44.5. The fourth-order valence-electron chi connectivity index (χ4n) is 3.59. The molecule has 1 fully saturated rings. The molecule has 0 aliphatic carbocycles. The predicted octanol–water partition coefficient (Wildman–Crippen LogP) is 3.10. The fourth-order valence-corrected chi connectivity index (χ4v) is 4.98. The lowest BCUT2D eigenvalue weighted by Crippen LogP contribution is -2.43. The van der Waals surface area contributed by atoms with E-state index in [0.717, 1.165) is 28.6 Å². The second-order valence-corrected chi connectivity index (χ2v) is 11.1. The number of methoxy groups -OCH3 is 1. The van der Waals surface area contributed by atoms with Gasteiger partial charge in [0.2, 0.25) is 10.0 Å². The zero-order chi connectivity index (χ0) is 27.6. The van der Waals surface area contributed by atoms with E-state index >= 15 is 0 Å². The summed E-state index contributed by atoms with van der Waals surface area (Å²) in [6, 6.07) is 13.8. The van der Waals surface area contributed by atoms with E-state index in [1.165, 1.54) is 19.2 Å². The molecule has 1 aliphatic rings. The smallest absolute Gasteiger partial charge is 0.258 e. The van der Waals surface area contributed by atoms with Gasteiger partial charge in [-0.25, -0.2) is 18.7 Å². The normalized spacial score (nSPS) is 14.4. The molecule has 2 aromatic rings. The summed E-state index contributed by atoms with van der Waals surface area (Å²) in [4.78, 5) is 20.2. The molecule has 0 radical (unpaired) electrons. The first-order chi connectivity index (χ1) is 18.1. The summed E-state index contributed by atoms with van der Waals surface area (Å²) in [7, 11) is -2.60. The zero-order valence-electron chi connectivity index (χ0n) is 22.2. The molecule has 1 amide bonds. The minimum absolute atomic E-state index is 0.00952. The number of carbonyl (C=O) groups excluding carboxylic acids is 1. The number of rotatable bonds is 14. The van der Waals surface area contributed by atoms with Crippen LogP contribution in [0.5, 0.6) is 5.75 Å². The summed E-state index contributed by atoms with van der Waals surface area (Å²) >= 11 is 0. The van der Waals surface area contributed by atoms with Crippen molar-refractivity contribution in [3.63, 3.8) is 0 Å². The first kappa shape index (κ1) is 29.6. The van der Waals surface area contributed by atoms with Crippen molar-refractivity contribution in [2.24, 2.45) is 0 Å². The molecule has 0 unspecified atom stereocenters. The predicted molar refractivity (Wildman–Crippen MR) is 144 cm³/mol. The van der Waals surface area contributed by atoms with Crippen LogP contribution in [0.4, 0.5) is 5.69 Å². The van der Waals surface area contributed by atoms with Crippen LogP contribution in [0.25, 0.3) is 0 Å². The lowest BCUT2D eigenvalue weighted by atomic mass is 10.2. The SMILES string of the molecule is C=CCCOc1ccc(S(=O)(=O)N(CC(=O)NOC(C)(C)OC)Cc2ccc(N3CCOCC3)cc2)cc1. The molecule has 38 heavy (non-hydrogen) atoms. The van der Waals surface area contributed by atoms with Crippen LogP contribution in [0.1, 0.15) is 25.8 Å². The molecular weight excluding hydrogens is 510 g/mol. The van der Waals surface area contributed by atoms with Crippen molar-refractivity contribution in [3.05, 3.63) is 66.7 Å². The lowest BCUT2D eigenvalue weighted by molar-refractivity contribution is -0.231. The minimum Gasteiger partial charge on any atom is -0.493 e. The molecule has 1 saturated heterocycles. The molecule has 1 N–H and O–H groups in total. The number of hydrogen-bond donors (Lipinski definition) is 1. The summed E-state index contributed by atoms with van der Waals surface area (Å²) in [5.41, 5.74) is 4.06. The standard InChI is InChI=1S/C27H37N3O7S/c1-5-6-17-36-24-11-13-25(14-12-24)38(32,33)30(21-26(31)28-37-27(2,3)34-4)20-22-7-9-23(10-8-22)29-15-18-35-19-16-29/h5,7-14H,1,6,15-21H2,2-4H3,(H,28,31). The average molecular weight is 548 g/mol. The van der Waals surface area contributed by atoms with Crippen molar-refractivity contribution in [1.82, 2.24) is 9.79 Å². The molecule has 0 atom stereocenters. The van der Waals surface area contributed by atoms with Gasteiger partial charge >= 0.3 is 0 Å². The summed E-state index contributed by atoms with van der Waals surface area (Å²) in [6.07, 6.45) is 2.42.